The zero-order valence-corrected chi connectivity index (χ0v) is 9.88. The number of carbonyl (C=O) groups excluding carboxylic acids is 1. The molecule has 2 N–H and O–H groups in total. The van der Waals surface area contributed by atoms with E-state index in [-0.39, 0.29) is 5.41 Å². The van der Waals surface area contributed by atoms with E-state index in [2.05, 4.69) is 13.8 Å². The summed E-state index contributed by atoms with van der Waals surface area (Å²) in [6.07, 6.45) is 4.37. The Morgan fingerprint density at radius 2 is 2.00 bits per heavy atom. The lowest BCUT2D eigenvalue weighted by atomic mass is 9.83. The molecule has 15 heavy (non-hydrogen) atoms. The van der Waals surface area contributed by atoms with E-state index in [0.29, 0.717) is 17.9 Å². The first-order valence-corrected chi connectivity index (χ1v) is 5.99. The van der Waals surface area contributed by atoms with E-state index in [9.17, 15) is 4.79 Å². The molecule has 0 atom stereocenters. The Balaban J connectivity index is 2.02. The summed E-state index contributed by atoms with van der Waals surface area (Å²) in [6.45, 7) is 6.86. The molecule has 1 amide bonds. The third kappa shape index (κ3) is 2.03. The molecule has 0 radical (unpaired) electrons. The van der Waals surface area contributed by atoms with E-state index in [4.69, 9.17) is 5.73 Å². The molecule has 1 saturated heterocycles. The van der Waals surface area contributed by atoms with Gasteiger partial charge in [-0.2, -0.15) is 0 Å². The average Bonchev–Trinajstić information content (AvgIpc) is 2.96. The molecule has 0 aromatic heterocycles. The summed E-state index contributed by atoms with van der Waals surface area (Å²) in [7, 11) is 0. The second-order valence-corrected chi connectivity index (χ2v) is 5.98. The molecule has 3 nitrogen and oxygen atoms in total. The summed E-state index contributed by atoms with van der Waals surface area (Å²) in [6, 6.07) is 0. The van der Waals surface area contributed by atoms with Crippen LogP contribution in [-0.2, 0) is 4.79 Å². The van der Waals surface area contributed by atoms with Gasteiger partial charge in [0.2, 0.25) is 5.91 Å². The van der Waals surface area contributed by atoms with Crippen molar-refractivity contribution in [3.05, 3.63) is 0 Å². The van der Waals surface area contributed by atoms with Crippen LogP contribution in [0.15, 0.2) is 0 Å². The molecule has 3 heteroatoms. The van der Waals surface area contributed by atoms with Crippen molar-refractivity contribution in [2.75, 3.05) is 19.6 Å². The maximum absolute atomic E-state index is 12.2. The summed E-state index contributed by atoms with van der Waals surface area (Å²) in [4.78, 5) is 14.3. The van der Waals surface area contributed by atoms with Crippen LogP contribution in [0.4, 0.5) is 0 Å². The lowest BCUT2D eigenvalue weighted by Gasteiger charge is -2.39. The highest BCUT2D eigenvalue weighted by molar-refractivity contribution is 5.85. The van der Waals surface area contributed by atoms with Crippen molar-refractivity contribution in [1.82, 2.24) is 4.90 Å². The van der Waals surface area contributed by atoms with Gasteiger partial charge in [-0.05, 0) is 31.1 Å². The summed E-state index contributed by atoms with van der Waals surface area (Å²) >= 11 is 0. The second-order valence-electron chi connectivity index (χ2n) is 5.98. The summed E-state index contributed by atoms with van der Waals surface area (Å²) in [5, 5.41) is 0. The van der Waals surface area contributed by atoms with Crippen LogP contribution in [0.25, 0.3) is 0 Å². The Kier molecular flexibility index (Phi) is 2.53. The third-order valence-corrected chi connectivity index (χ3v) is 3.89. The van der Waals surface area contributed by atoms with Gasteiger partial charge >= 0.3 is 0 Å². The van der Waals surface area contributed by atoms with Crippen LogP contribution in [0.2, 0.25) is 0 Å². The summed E-state index contributed by atoms with van der Waals surface area (Å²) in [5.74, 6) is 0.317. The first kappa shape index (κ1) is 10.9. The number of nitrogens with zero attached hydrogens (tertiary/aromatic N) is 1. The van der Waals surface area contributed by atoms with E-state index in [0.717, 1.165) is 32.4 Å². The molecule has 0 unspecified atom stereocenters. The third-order valence-electron chi connectivity index (χ3n) is 3.89. The van der Waals surface area contributed by atoms with E-state index in [1.165, 1.54) is 6.42 Å². The fraction of sp³-hybridized carbons (Fsp3) is 0.917. The predicted octanol–water partition coefficient (Wildman–Crippen LogP) is 1.37. The quantitative estimate of drug-likeness (QED) is 0.748. The number of carbonyl (C=O) groups is 1. The van der Waals surface area contributed by atoms with E-state index >= 15 is 0 Å². The van der Waals surface area contributed by atoms with Crippen LogP contribution < -0.4 is 5.73 Å². The highest BCUT2D eigenvalue weighted by atomic mass is 16.2. The van der Waals surface area contributed by atoms with Crippen LogP contribution in [-0.4, -0.2) is 30.4 Å². The summed E-state index contributed by atoms with van der Waals surface area (Å²) < 4.78 is 0. The Hall–Kier alpha value is -0.570. The van der Waals surface area contributed by atoms with Crippen molar-refractivity contribution in [3.63, 3.8) is 0 Å². The Morgan fingerprint density at radius 3 is 2.47 bits per heavy atom. The van der Waals surface area contributed by atoms with E-state index in [1.807, 2.05) is 4.90 Å². The van der Waals surface area contributed by atoms with Gasteiger partial charge < -0.3 is 10.6 Å². The fourth-order valence-electron chi connectivity index (χ4n) is 2.59. The summed E-state index contributed by atoms with van der Waals surface area (Å²) in [5.41, 5.74) is 5.83. The molecule has 0 spiro atoms. The number of piperidine rings is 1. The van der Waals surface area contributed by atoms with E-state index < -0.39 is 0 Å². The minimum absolute atomic E-state index is 0.159. The molecule has 1 aliphatic carbocycles. The zero-order chi connectivity index (χ0) is 11.1. The highest BCUT2D eigenvalue weighted by Gasteiger charge is 2.51. The predicted molar refractivity (Wildman–Crippen MR) is 60.3 cm³/mol. The topological polar surface area (TPSA) is 46.3 Å². The van der Waals surface area contributed by atoms with Gasteiger partial charge in [0.25, 0.3) is 0 Å². The lowest BCUT2D eigenvalue weighted by Crippen LogP contribution is -2.48. The Morgan fingerprint density at radius 1 is 1.33 bits per heavy atom. The average molecular weight is 210 g/mol. The van der Waals surface area contributed by atoms with Crippen molar-refractivity contribution in [2.45, 2.75) is 39.5 Å². The first-order valence-electron chi connectivity index (χ1n) is 5.99. The van der Waals surface area contributed by atoms with Crippen LogP contribution >= 0.6 is 0 Å². The molecular weight excluding hydrogens is 188 g/mol. The van der Waals surface area contributed by atoms with Gasteiger partial charge in [0, 0.05) is 19.6 Å². The number of rotatable bonds is 2. The number of amides is 1. The zero-order valence-electron chi connectivity index (χ0n) is 9.88. The molecule has 0 aromatic carbocycles. The van der Waals surface area contributed by atoms with Gasteiger partial charge in [-0.3, -0.25) is 4.79 Å². The van der Waals surface area contributed by atoms with Crippen LogP contribution in [0.3, 0.4) is 0 Å². The number of hydrogen-bond donors (Lipinski definition) is 1. The van der Waals surface area contributed by atoms with Crippen molar-refractivity contribution >= 4 is 5.91 Å². The normalized spacial score (nSPS) is 27.5. The molecule has 1 saturated carbocycles. The maximum Gasteiger partial charge on any atom is 0.230 e. The maximum atomic E-state index is 12.2. The van der Waals surface area contributed by atoms with Gasteiger partial charge in [0.1, 0.15) is 0 Å². The van der Waals surface area contributed by atoms with Gasteiger partial charge in [-0.1, -0.05) is 13.8 Å². The monoisotopic (exact) mass is 210 g/mol. The second kappa shape index (κ2) is 3.48. The largest absolute Gasteiger partial charge is 0.342 e. The highest BCUT2D eigenvalue weighted by Crippen LogP contribution is 2.47. The number of nitrogens with two attached hydrogens (primary N) is 1. The fourth-order valence-corrected chi connectivity index (χ4v) is 2.59. The van der Waals surface area contributed by atoms with Crippen molar-refractivity contribution in [1.29, 1.82) is 0 Å². The Bertz CT molecular complexity index is 269. The molecule has 2 fully saturated rings. The van der Waals surface area contributed by atoms with Gasteiger partial charge in [0.15, 0.2) is 0 Å². The van der Waals surface area contributed by atoms with Crippen LogP contribution in [0.5, 0.6) is 0 Å². The molecule has 2 rings (SSSR count). The molecule has 1 aliphatic heterocycles. The van der Waals surface area contributed by atoms with Crippen LogP contribution in [0.1, 0.15) is 39.5 Å². The molecular formula is C12H22N2O. The molecule has 0 aromatic rings. The number of hydrogen-bond acceptors (Lipinski definition) is 2. The van der Waals surface area contributed by atoms with Gasteiger partial charge in [-0.15, -0.1) is 0 Å². The van der Waals surface area contributed by atoms with Crippen molar-refractivity contribution in [3.8, 4) is 0 Å². The first-order chi connectivity index (χ1) is 6.99. The van der Waals surface area contributed by atoms with Gasteiger partial charge in [0.05, 0.1) is 5.41 Å². The molecule has 0 bridgehead atoms. The van der Waals surface area contributed by atoms with Gasteiger partial charge in [-0.25, -0.2) is 0 Å². The van der Waals surface area contributed by atoms with E-state index in [1.54, 1.807) is 0 Å². The minimum Gasteiger partial charge on any atom is -0.342 e. The number of likely N-dealkylation sites (tertiary alicyclic amines) is 1. The molecule has 1 heterocycles. The minimum atomic E-state index is -0.159. The lowest BCUT2D eigenvalue weighted by molar-refractivity contribution is -0.139. The van der Waals surface area contributed by atoms with Crippen molar-refractivity contribution in [2.24, 2.45) is 16.6 Å². The van der Waals surface area contributed by atoms with Crippen molar-refractivity contribution < 1.29 is 4.79 Å². The SMILES string of the molecule is CC1(C)CCCN(C(=O)C2(CN)CC2)C1. The Labute approximate surface area is 92.0 Å². The standard InChI is InChI=1S/C12H22N2O/c1-11(2)4-3-7-14(9-11)10(15)12(8-13)5-6-12/h3-9,13H2,1-2H3. The van der Waals surface area contributed by atoms with Crippen LogP contribution in [0, 0.1) is 10.8 Å². The smallest absolute Gasteiger partial charge is 0.230 e. The molecule has 2 aliphatic rings. The molecule has 86 valence electrons.